The van der Waals surface area contributed by atoms with E-state index in [1.54, 1.807) is 0 Å². The molecule has 0 atom stereocenters. The third-order valence-electron chi connectivity index (χ3n) is 3.23. The lowest BCUT2D eigenvalue weighted by Gasteiger charge is -2.11. The number of non-ortho nitro benzene ring substituents is 1. The van der Waals surface area contributed by atoms with Crippen molar-refractivity contribution in [2.75, 3.05) is 20.0 Å². The van der Waals surface area contributed by atoms with Crippen LogP contribution in [-0.2, 0) is 12.4 Å². The molecule has 6 nitrogen and oxygen atoms in total. The molecule has 0 saturated heterocycles. The molecule has 29 heavy (non-hydrogen) atoms. The van der Waals surface area contributed by atoms with Crippen molar-refractivity contribution in [1.82, 2.24) is 0 Å². The Morgan fingerprint density at radius 1 is 0.862 bits per heavy atom. The maximum absolute atomic E-state index is 12.3. The highest BCUT2D eigenvalue weighted by atomic mass is 19.4. The summed E-state index contributed by atoms with van der Waals surface area (Å²) in [7, 11) is 2.19. The number of nitro groups is 1. The Morgan fingerprint density at radius 2 is 1.28 bits per heavy atom. The second kappa shape index (κ2) is 9.85. The van der Waals surface area contributed by atoms with Gasteiger partial charge < -0.3 is 15.2 Å². The molecule has 0 bridgehead atoms. The highest BCUT2D eigenvalue weighted by Crippen LogP contribution is 2.38. The number of nitrogen functional groups attached to an aromatic ring is 1. The first kappa shape index (κ1) is 25.8. The number of nitrogens with zero attached hydrogens (tertiary/aromatic N) is 1. The van der Waals surface area contributed by atoms with E-state index in [1.807, 2.05) is 0 Å². The van der Waals surface area contributed by atoms with Gasteiger partial charge in [-0.2, -0.15) is 26.3 Å². The number of hydrogen-bond donors (Lipinski definition) is 1. The summed E-state index contributed by atoms with van der Waals surface area (Å²) in [6.07, 6.45) is -8.99. The number of hydrogen-bond acceptors (Lipinski definition) is 5. The Balaban J connectivity index is 0.000000527. The minimum atomic E-state index is -4.58. The van der Waals surface area contributed by atoms with Gasteiger partial charge in [-0.1, -0.05) is 7.43 Å². The number of anilines is 1. The molecule has 2 N–H and O–H groups in total. The molecular formula is C17H18F6N2O4. The number of halogens is 6. The molecule has 0 saturated carbocycles. The van der Waals surface area contributed by atoms with Gasteiger partial charge in [0.15, 0.2) is 0 Å². The van der Waals surface area contributed by atoms with Crippen molar-refractivity contribution in [3.8, 4) is 11.5 Å². The molecule has 12 heteroatoms. The summed E-state index contributed by atoms with van der Waals surface area (Å²) in [5.74, 6) is -0.816. The fraction of sp³-hybridized carbons (Fsp3) is 0.294. The van der Waals surface area contributed by atoms with E-state index >= 15 is 0 Å². The molecule has 0 unspecified atom stereocenters. The Morgan fingerprint density at radius 3 is 1.66 bits per heavy atom. The zero-order valence-corrected chi connectivity index (χ0v) is 14.4. The highest BCUT2D eigenvalue weighted by molar-refractivity contribution is 5.49. The van der Waals surface area contributed by atoms with Gasteiger partial charge in [-0.05, 0) is 18.2 Å². The van der Waals surface area contributed by atoms with Crippen LogP contribution in [0, 0.1) is 10.1 Å². The minimum absolute atomic E-state index is 0. The molecule has 2 rings (SSSR count). The summed E-state index contributed by atoms with van der Waals surface area (Å²) >= 11 is 0. The summed E-state index contributed by atoms with van der Waals surface area (Å²) < 4.78 is 82.7. The molecule has 0 aliphatic carbocycles. The third kappa shape index (κ3) is 7.05. The Hall–Kier alpha value is -3.18. The normalized spacial score (nSPS) is 10.9. The smallest absolute Gasteiger partial charge is 0.419 e. The molecule has 162 valence electrons. The van der Waals surface area contributed by atoms with Gasteiger partial charge in [0.2, 0.25) is 0 Å². The van der Waals surface area contributed by atoms with Crippen molar-refractivity contribution in [3.63, 3.8) is 0 Å². The quantitative estimate of drug-likeness (QED) is 0.300. The first-order chi connectivity index (χ1) is 12.8. The van der Waals surface area contributed by atoms with E-state index in [0.717, 1.165) is 31.4 Å². The molecule has 0 spiro atoms. The number of benzene rings is 2. The van der Waals surface area contributed by atoms with E-state index in [-0.39, 0.29) is 18.9 Å². The number of ether oxygens (including phenoxy) is 2. The fourth-order valence-corrected chi connectivity index (χ4v) is 1.97. The lowest BCUT2D eigenvalue weighted by Crippen LogP contribution is -2.07. The molecule has 0 radical (unpaired) electrons. The van der Waals surface area contributed by atoms with Crippen LogP contribution in [0.3, 0.4) is 0 Å². The van der Waals surface area contributed by atoms with Gasteiger partial charge in [0.25, 0.3) is 5.69 Å². The van der Waals surface area contributed by atoms with Gasteiger partial charge in [-0.15, -0.1) is 0 Å². The molecular weight excluding hydrogens is 410 g/mol. The SMILES string of the molecule is C.COc1cc(N)ccc1C(F)(F)F.COc1cc([N+](=O)[O-])ccc1C(F)(F)F. The van der Waals surface area contributed by atoms with Gasteiger partial charge in [-0.25, -0.2) is 0 Å². The van der Waals surface area contributed by atoms with Crippen LogP contribution in [0.1, 0.15) is 18.6 Å². The van der Waals surface area contributed by atoms with E-state index in [0.29, 0.717) is 6.07 Å². The molecule has 0 amide bonds. The van der Waals surface area contributed by atoms with Crippen LogP contribution in [-0.4, -0.2) is 19.1 Å². The molecule has 0 aromatic heterocycles. The molecule has 2 aromatic rings. The van der Waals surface area contributed by atoms with E-state index < -0.39 is 39.8 Å². The van der Waals surface area contributed by atoms with E-state index in [2.05, 4.69) is 9.47 Å². The second-order valence-electron chi connectivity index (χ2n) is 5.10. The highest BCUT2D eigenvalue weighted by Gasteiger charge is 2.35. The number of alkyl halides is 6. The molecule has 0 heterocycles. The molecule has 0 aliphatic heterocycles. The van der Waals surface area contributed by atoms with Crippen LogP contribution in [0.2, 0.25) is 0 Å². The summed E-state index contributed by atoms with van der Waals surface area (Å²) in [5.41, 5.74) is 3.25. The largest absolute Gasteiger partial charge is 0.496 e. The van der Waals surface area contributed by atoms with Gasteiger partial charge in [0, 0.05) is 17.8 Å². The van der Waals surface area contributed by atoms with E-state index in [9.17, 15) is 36.5 Å². The average Bonchev–Trinajstić information content (AvgIpc) is 2.59. The van der Waals surface area contributed by atoms with Crippen LogP contribution in [0.4, 0.5) is 37.7 Å². The summed E-state index contributed by atoms with van der Waals surface area (Å²) in [6, 6.07) is 5.37. The van der Waals surface area contributed by atoms with Crippen molar-refractivity contribution >= 4 is 11.4 Å². The zero-order valence-electron chi connectivity index (χ0n) is 14.4. The van der Waals surface area contributed by atoms with Crippen molar-refractivity contribution < 1.29 is 40.7 Å². The van der Waals surface area contributed by atoms with Gasteiger partial charge in [0.1, 0.15) is 11.5 Å². The predicted octanol–water partition coefficient (Wildman–Crippen LogP) is 5.55. The number of nitrogens with two attached hydrogens (primary N) is 1. The molecule has 0 fully saturated rings. The van der Waals surface area contributed by atoms with Crippen LogP contribution in [0.25, 0.3) is 0 Å². The Labute approximate surface area is 162 Å². The lowest BCUT2D eigenvalue weighted by atomic mass is 10.2. The minimum Gasteiger partial charge on any atom is -0.496 e. The number of nitro benzene ring substituents is 1. The Kier molecular flexibility index (Phi) is 8.77. The van der Waals surface area contributed by atoms with Crippen molar-refractivity contribution in [1.29, 1.82) is 0 Å². The van der Waals surface area contributed by atoms with Crippen LogP contribution < -0.4 is 15.2 Å². The summed E-state index contributed by atoms with van der Waals surface area (Å²) in [5, 5.41) is 10.3. The van der Waals surface area contributed by atoms with Crippen molar-refractivity contribution in [3.05, 3.63) is 57.6 Å². The first-order valence-corrected chi connectivity index (χ1v) is 7.21. The fourth-order valence-electron chi connectivity index (χ4n) is 1.97. The lowest BCUT2D eigenvalue weighted by molar-refractivity contribution is -0.385. The van der Waals surface area contributed by atoms with Crippen LogP contribution >= 0.6 is 0 Å². The number of methoxy groups -OCH3 is 2. The van der Waals surface area contributed by atoms with Crippen LogP contribution in [0.5, 0.6) is 11.5 Å². The predicted molar refractivity (Wildman–Crippen MR) is 93.8 cm³/mol. The van der Waals surface area contributed by atoms with Gasteiger partial charge in [-0.3, -0.25) is 10.1 Å². The molecule has 2 aromatic carbocycles. The molecule has 0 aliphatic rings. The van der Waals surface area contributed by atoms with Crippen molar-refractivity contribution in [2.45, 2.75) is 19.8 Å². The second-order valence-corrected chi connectivity index (χ2v) is 5.10. The van der Waals surface area contributed by atoms with Gasteiger partial charge >= 0.3 is 12.4 Å². The van der Waals surface area contributed by atoms with Gasteiger partial charge in [0.05, 0.1) is 36.3 Å². The van der Waals surface area contributed by atoms with E-state index in [1.165, 1.54) is 13.2 Å². The van der Waals surface area contributed by atoms with Crippen LogP contribution in [0.15, 0.2) is 36.4 Å². The maximum Gasteiger partial charge on any atom is 0.419 e. The summed E-state index contributed by atoms with van der Waals surface area (Å²) in [4.78, 5) is 9.51. The average molecular weight is 428 g/mol. The number of rotatable bonds is 3. The maximum atomic E-state index is 12.3. The topological polar surface area (TPSA) is 87.6 Å². The standard InChI is InChI=1S/C8H6F3NO3.C8H8F3NO.CH4/c1-15-7-4-5(12(13)14)2-3-6(7)8(9,10)11;1-13-7-4-5(12)2-3-6(7)8(9,10)11;/h2-4H,1H3;2-4H,12H2,1H3;1H4. The summed E-state index contributed by atoms with van der Waals surface area (Å²) in [6.45, 7) is 0. The first-order valence-electron chi connectivity index (χ1n) is 7.21. The zero-order chi connectivity index (χ0) is 21.7. The Bertz CT molecular complexity index is 838. The van der Waals surface area contributed by atoms with Crippen molar-refractivity contribution in [2.24, 2.45) is 0 Å². The third-order valence-corrected chi connectivity index (χ3v) is 3.23. The monoisotopic (exact) mass is 428 g/mol. The van der Waals surface area contributed by atoms with E-state index in [4.69, 9.17) is 5.73 Å².